The van der Waals surface area contributed by atoms with Crippen molar-refractivity contribution in [3.63, 3.8) is 0 Å². The molecule has 1 amide bonds. The Morgan fingerprint density at radius 2 is 2.00 bits per heavy atom. The van der Waals surface area contributed by atoms with Crippen LogP contribution >= 0.6 is 11.6 Å². The molecule has 0 aliphatic heterocycles. The normalized spacial score (nSPS) is 12.4. The molecule has 124 valence electrons. The van der Waals surface area contributed by atoms with Crippen LogP contribution in [0.4, 0.5) is 0 Å². The minimum absolute atomic E-state index is 0.137. The van der Waals surface area contributed by atoms with E-state index in [-0.39, 0.29) is 24.3 Å². The van der Waals surface area contributed by atoms with Crippen LogP contribution in [0.25, 0.3) is 0 Å². The van der Waals surface area contributed by atoms with Crippen LogP contribution in [-0.4, -0.2) is 20.9 Å². The van der Waals surface area contributed by atoms with Crippen molar-refractivity contribution >= 4 is 17.5 Å². The Bertz CT molecular complexity index is 638. The van der Waals surface area contributed by atoms with Gasteiger partial charge in [0.1, 0.15) is 0 Å². The van der Waals surface area contributed by atoms with Gasteiger partial charge in [-0.25, -0.2) is 5.48 Å². The van der Waals surface area contributed by atoms with E-state index < -0.39 is 0 Å². The molecule has 0 aliphatic carbocycles. The van der Waals surface area contributed by atoms with E-state index in [1.807, 2.05) is 35.0 Å². The van der Waals surface area contributed by atoms with Gasteiger partial charge in [-0.05, 0) is 50.5 Å². The van der Waals surface area contributed by atoms with Crippen LogP contribution < -0.4 is 5.48 Å². The van der Waals surface area contributed by atoms with Gasteiger partial charge in [-0.1, -0.05) is 23.7 Å². The molecule has 0 aliphatic rings. The van der Waals surface area contributed by atoms with Gasteiger partial charge < -0.3 is 0 Å². The highest BCUT2D eigenvalue weighted by Crippen LogP contribution is 2.28. The third-order valence-electron chi connectivity index (χ3n) is 3.85. The molecular weight excluding hydrogens is 314 g/mol. The second kappa shape index (κ2) is 8.13. The third kappa shape index (κ3) is 4.81. The van der Waals surface area contributed by atoms with Crippen molar-refractivity contribution in [3.05, 3.63) is 52.8 Å². The van der Waals surface area contributed by atoms with Gasteiger partial charge in [0.2, 0.25) is 5.91 Å². The smallest absolute Gasteiger partial charge is 0.243 e. The lowest BCUT2D eigenvalue weighted by atomic mass is 9.91. The summed E-state index contributed by atoms with van der Waals surface area (Å²) in [6.45, 7) is 4.16. The summed E-state index contributed by atoms with van der Waals surface area (Å²) in [6, 6.07) is 9.98. The Morgan fingerprint density at radius 1 is 1.30 bits per heavy atom. The van der Waals surface area contributed by atoms with E-state index in [4.69, 9.17) is 16.8 Å². The number of hydroxylamine groups is 1. The second-order valence-corrected chi connectivity index (χ2v) is 6.33. The first-order valence-electron chi connectivity index (χ1n) is 7.72. The second-order valence-electron chi connectivity index (χ2n) is 5.90. The highest BCUT2D eigenvalue weighted by Gasteiger charge is 2.19. The lowest BCUT2D eigenvalue weighted by molar-refractivity contribution is -0.129. The number of hydrogen-bond donors (Lipinski definition) is 2. The summed E-state index contributed by atoms with van der Waals surface area (Å²) in [5, 5.41) is 13.8. The first kappa shape index (κ1) is 17.5. The van der Waals surface area contributed by atoms with E-state index in [1.165, 1.54) is 0 Å². The molecule has 0 unspecified atom stereocenters. The number of aromatic nitrogens is 2. The predicted molar refractivity (Wildman–Crippen MR) is 89.7 cm³/mol. The van der Waals surface area contributed by atoms with Crippen LogP contribution in [0.2, 0.25) is 5.02 Å². The highest BCUT2D eigenvalue weighted by atomic mass is 35.5. The molecule has 5 nitrogen and oxygen atoms in total. The van der Waals surface area contributed by atoms with E-state index in [0.717, 1.165) is 17.7 Å². The van der Waals surface area contributed by atoms with Crippen LogP contribution in [0.15, 0.2) is 36.5 Å². The van der Waals surface area contributed by atoms with Gasteiger partial charge in [-0.2, -0.15) is 5.10 Å². The standard InChI is InChI=1S/C17H22ClN3O2/c1-12(2)21-16(9-10-19-21)14(5-8-17(22)20-23)11-13-3-6-15(18)7-4-13/h3-4,6-7,9-10,12,14,23H,5,8,11H2,1-2H3,(H,20,22)/t14-/m1/s1. The van der Waals surface area contributed by atoms with Gasteiger partial charge in [0.05, 0.1) is 0 Å². The van der Waals surface area contributed by atoms with E-state index in [0.29, 0.717) is 11.4 Å². The molecular formula is C17H22ClN3O2. The van der Waals surface area contributed by atoms with Gasteiger partial charge >= 0.3 is 0 Å². The van der Waals surface area contributed by atoms with Crippen LogP contribution in [0.3, 0.4) is 0 Å². The van der Waals surface area contributed by atoms with Crippen molar-refractivity contribution in [2.75, 3.05) is 0 Å². The van der Waals surface area contributed by atoms with Gasteiger partial charge in [-0.3, -0.25) is 14.7 Å². The lowest BCUT2D eigenvalue weighted by Crippen LogP contribution is -2.20. The molecule has 2 N–H and O–H groups in total. The zero-order chi connectivity index (χ0) is 16.8. The van der Waals surface area contributed by atoms with Crippen LogP contribution in [0, 0.1) is 0 Å². The van der Waals surface area contributed by atoms with Crippen molar-refractivity contribution in [2.45, 2.75) is 45.1 Å². The maximum atomic E-state index is 11.4. The Labute approximate surface area is 141 Å². The molecule has 0 fully saturated rings. The fraction of sp³-hybridized carbons (Fsp3) is 0.412. The molecule has 1 aromatic carbocycles. The zero-order valence-electron chi connectivity index (χ0n) is 13.4. The summed E-state index contributed by atoms with van der Waals surface area (Å²) in [7, 11) is 0. The molecule has 1 atom stereocenters. The number of nitrogens with one attached hydrogen (secondary N) is 1. The minimum Gasteiger partial charge on any atom is -0.289 e. The number of benzene rings is 1. The van der Waals surface area contributed by atoms with E-state index >= 15 is 0 Å². The lowest BCUT2D eigenvalue weighted by Gasteiger charge is -2.20. The number of rotatable bonds is 7. The van der Waals surface area contributed by atoms with Crippen LogP contribution in [-0.2, 0) is 11.2 Å². The molecule has 1 heterocycles. The first-order valence-corrected chi connectivity index (χ1v) is 8.10. The number of nitrogens with zero attached hydrogens (tertiary/aromatic N) is 2. The van der Waals surface area contributed by atoms with Gasteiger partial charge in [-0.15, -0.1) is 0 Å². The molecule has 6 heteroatoms. The van der Waals surface area contributed by atoms with Gasteiger partial charge in [0, 0.05) is 35.3 Å². The van der Waals surface area contributed by atoms with Crippen molar-refractivity contribution in [3.8, 4) is 0 Å². The fourth-order valence-electron chi connectivity index (χ4n) is 2.70. The fourth-order valence-corrected chi connectivity index (χ4v) is 2.83. The molecule has 0 radical (unpaired) electrons. The van der Waals surface area contributed by atoms with Crippen molar-refractivity contribution in [1.82, 2.24) is 15.3 Å². The molecule has 0 bridgehead atoms. The average Bonchev–Trinajstić information content (AvgIpc) is 3.02. The van der Waals surface area contributed by atoms with Gasteiger partial charge in [0.25, 0.3) is 0 Å². The molecule has 1 aromatic heterocycles. The van der Waals surface area contributed by atoms with E-state index in [1.54, 1.807) is 11.7 Å². The Balaban J connectivity index is 2.21. The SMILES string of the molecule is CC(C)n1nccc1[C@H](CCC(=O)NO)Cc1ccc(Cl)cc1. The summed E-state index contributed by atoms with van der Waals surface area (Å²) in [5.41, 5.74) is 3.95. The maximum absolute atomic E-state index is 11.4. The largest absolute Gasteiger partial charge is 0.289 e. The molecule has 23 heavy (non-hydrogen) atoms. The molecule has 0 saturated heterocycles. The monoisotopic (exact) mass is 335 g/mol. The summed E-state index contributed by atoms with van der Waals surface area (Å²) in [5.74, 6) is -0.236. The van der Waals surface area contributed by atoms with Crippen molar-refractivity contribution in [2.24, 2.45) is 0 Å². The van der Waals surface area contributed by atoms with E-state index in [2.05, 4.69) is 18.9 Å². The molecule has 2 rings (SSSR count). The molecule has 0 spiro atoms. The van der Waals surface area contributed by atoms with Crippen molar-refractivity contribution in [1.29, 1.82) is 0 Å². The average molecular weight is 336 g/mol. The summed E-state index contributed by atoms with van der Waals surface area (Å²) in [6.07, 6.45) is 3.47. The quantitative estimate of drug-likeness (QED) is 0.598. The summed E-state index contributed by atoms with van der Waals surface area (Å²) >= 11 is 5.94. The Hall–Kier alpha value is -1.85. The van der Waals surface area contributed by atoms with Crippen molar-refractivity contribution < 1.29 is 10.0 Å². The third-order valence-corrected chi connectivity index (χ3v) is 4.10. The number of carbonyl (C=O) groups excluding carboxylic acids is 1. The summed E-state index contributed by atoms with van der Waals surface area (Å²) in [4.78, 5) is 11.4. The van der Waals surface area contributed by atoms with E-state index in [9.17, 15) is 4.79 Å². The molecule has 2 aromatic rings. The molecule has 0 saturated carbocycles. The number of hydrogen-bond acceptors (Lipinski definition) is 3. The van der Waals surface area contributed by atoms with Crippen LogP contribution in [0.5, 0.6) is 0 Å². The Morgan fingerprint density at radius 3 is 2.61 bits per heavy atom. The van der Waals surface area contributed by atoms with Crippen LogP contribution in [0.1, 0.15) is 49.9 Å². The summed E-state index contributed by atoms with van der Waals surface area (Å²) < 4.78 is 1.98. The topological polar surface area (TPSA) is 67.2 Å². The number of carbonyl (C=O) groups is 1. The maximum Gasteiger partial charge on any atom is 0.243 e. The number of amides is 1. The zero-order valence-corrected chi connectivity index (χ0v) is 14.1. The predicted octanol–water partition coefficient (Wildman–Crippen LogP) is 3.73. The highest BCUT2D eigenvalue weighted by molar-refractivity contribution is 6.30. The minimum atomic E-state index is -0.373. The first-order chi connectivity index (χ1) is 11.0. The van der Waals surface area contributed by atoms with Gasteiger partial charge in [0.15, 0.2) is 0 Å². The Kier molecular flexibility index (Phi) is 6.19. The number of halogens is 1.